The highest BCUT2D eigenvalue weighted by molar-refractivity contribution is 7.93. The van der Waals surface area contributed by atoms with E-state index < -0.39 is 15.1 Å². The maximum absolute atomic E-state index is 13.2. The first-order chi connectivity index (χ1) is 11.6. The summed E-state index contributed by atoms with van der Waals surface area (Å²) in [7, 11) is -2.61. The molecule has 1 unspecified atom stereocenters. The van der Waals surface area contributed by atoms with Crippen LogP contribution in [0.3, 0.4) is 0 Å². The summed E-state index contributed by atoms with van der Waals surface area (Å²) in [6.07, 6.45) is 1.63. The maximum Gasteiger partial charge on any atom is 0.176 e. The van der Waals surface area contributed by atoms with E-state index in [4.69, 9.17) is 0 Å². The summed E-state index contributed by atoms with van der Waals surface area (Å²) in [5, 5.41) is 0. The first-order valence-corrected chi connectivity index (χ1v) is 10.2. The van der Waals surface area contributed by atoms with Gasteiger partial charge in [-0.3, -0.25) is 4.79 Å². The van der Waals surface area contributed by atoms with Crippen LogP contribution in [0.1, 0.15) is 30.5 Å². The molecule has 0 bridgehead atoms. The third kappa shape index (κ3) is 2.95. The molecule has 0 saturated carbocycles. The van der Waals surface area contributed by atoms with Crippen molar-refractivity contribution < 1.29 is 9.00 Å². The zero-order valence-corrected chi connectivity index (χ0v) is 16.1. The smallest absolute Gasteiger partial charge is 0.176 e. The van der Waals surface area contributed by atoms with E-state index in [9.17, 15) is 9.00 Å². The summed E-state index contributed by atoms with van der Waals surface area (Å²) < 4.78 is 17.8. The molecule has 0 N–H and O–H groups in total. The molecule has 1 atom stereocenters. The Morgan fingerprint density at radius 2 is 1.64 bits per heavy atom. The number of ketones is 1. The van der Waals surface area contributed by atoms with Gasteiger partial charge in [0.25, 0.3) is 0 Å². The van der Waals surface area contributed by atoms with E-state index in [1.807, 2.05) is 76.2 Å². The van der Waals surface area contributed by atoms with Crippen LogP contribution in [-0.4, -0.2) is 16.2 Å². The molecule has 0 heterocycles. The molecule has 4 heteroatoms. The van der Waals surface area contributed by atoms with Crippen molar-refractivity contribution >= 4 is 21.1 Å². The molecule has 0 aromatic heterocycles. The van der Waals surface area contributed by atoms with E-state index in [1.165, 1.54) is 0 Å². The van der Waals surface area contributed by atoms with Crippen molar-refractivity contribution in [3.63, 3.8) is 0 Å². The van der Waals surface area contributed by atoms with Crippen LogP contribution in [0.4, 0.5) is 0 Å². The van der Waals surface area contributed by atoms with Gasteiger partial charge < -0.3 is 0 Å². The molecule has 3 nitrogen and oxygen atoms in total. The Labute approximate surface area is 150 Å². The number of aryl methyl sites for hydroxylation is 2. The molecule has 2 aromatic carbocycles. The predicted molar refractivity (Wildman–Crippen MR) is 103 cm³/mol. The van der Waals surface area contributed by atoms with Crippen molar-refractivity contribution in [2.75, 3.05) is 6.26 Å². The quantitative estimate of drug-likeness (QED) is 0.797. The van der Waals surface area contributed by atoms with Crippen molar-refractivity contribution in [2.24, 2.45) is 9.78 Å². The second-order valence-corrected chi connectivity index (χ2v) is 9.46. The largest absolute Gasteiger partial charge is 0.293 e. The Bertz CT molecular complexity index is 1010. The molecule has 0 radical (unpaired) electrons. The molecule has 0 amide bonds. The fourth-order valence-electron chi connectivity index (χ4n) is 3.09. The van der Waals surface area contributed by atoms with Gasteiger partial charge in [0.2, 0.25) is 0 Å². The topological polar surface area (TPSA) is 46.5 Å². The fraction of sp³-hybridized carbons (Fsp3) is 0.286. The van der Waals surface area contributed by atoms with Gasteiger partial charge in [0, 0.05) is 16.7 Å². The summed E-state index contributed by atoms with van der Waals surface area (Å²) in [6.45, 7) is 7.69. The molecule has 25 heavy (non-hydrogen) atoms. The summed E-state index contributed by atoms with van der Waals surface area (Å²) in [6, 6.07) is 15.3. The van der Waals surface area contributed by atoms with E-state index >= 15 is 0 Å². The van der Waals surface area contributed by atoms with E-state index in [1.54, 1.807) is 6.26 Å². The monoisotopic (exact) mass is 353 g/mol. The van der Waals surface area contributed by atoms with Crippen molar-refractivity contribution in [3.8, 4) is 0 Å². The average molecular weight is 353 g/mol. The first kappa shape index (κ1) is 17.6. The lowest BCUT2D eigenvalue weighted by Crippen LogP contribution is -2.38. The number of carbonyl (C=O) groups excluding carboxylic acids is 1. The van der Waals surface area contributed by atoms with Crippen molar-refractivity contribution in [1.82, 2.24) is 0 Å². The number of nitrogens with zero attached hydrogens (tertiary/aromatic N) is 1. The standard InChI is InChI=1S/C21H23NO2S/c1-14-11-12-15(2)17(13-14)18-19(21(3,4)20(18)23)22-25(5,24)16-9-7-6-8-10-16/h6-13H,1-5H3. The van der Waals surface area contributed by atoms with Crippen LogP contribution < -0.4 is 0 Å². The van der Waals surface area contributed by atoms with Gasteiger partial charge in [-0.25, -0.2) is 4.21 Å². The van der Waals surface area contributed by atoms with Crippen LogP contribution in [0.2, 0.25) is 0 Å². The molecule has 0 saturated heterocycles. The van der Waals surface area contributed by atoms with Crippen LogP contribution in [0.5, 0.6) is 0 Å². The minimum Gasteiger partial charge on any atom is -0.293 e. The molecule has 130 valence electrons. The number of allylic oxidation sites excluding steroid dienone is 2. The molecular formula is C21H23NO2S. The molecule has 1 aliphatic rings. The summed E-state index contributed by atoms with van der Waals surface area (Å²) in [4.78, 5) is 13.4. The van der Waals surface area contributed by atoms with Crippen molar-refractivity contribution in [2.45, 2.75) is 32.6 Å². The number of benzene rings is 2. The average Bonchev–Trinajstić information content (AvgIpc) is 2.58. The van der Waals surface area contributed by atoms with Gasteiger partial charge in [-0.1, -0.05) is 42.0 Å². The third-order valence-electron chi connectivity index (χ3n) is 4.73. The van der Waals surface area contributed by atoms with Gasteiger partial charge in [0.05, 0.1) is 20.8 Å². The highest BCUT2D eigenvalue weighted by Crippen LogP contribution is 2.49. The van der Waals surface area contributed by atoms with Crippen LogP contribution in [-0.2, 0) is 14.5 Å². The zero-order chi connectivity index (χ0) is 18.4. The van der Waals surface area contributed by atoms with Crippen LogP contribution in [0.15, 0.2) is 63.5 Å². The molecule has 0 spiro atoms. The van der Waals surface area contributed by atoms with Gasteiger partial charge in [0.15, 0.2) is 5.78 Å². The Kier molecular flexibility index (Phi) is 4.20. The lowest BCUT2D eigenvalue weighted by atomic mass is 9.66. The number of rotatable bonds is 3. The second kappa shape index (κ2) is 5.95. The van der Waals surface area contributed by atoms with E-state index in [0.29, 0.717) is 16.2 Å². The third-order valence-corrected chi connectivity index (χ3v) is 6.41. The number of carbonyl (C=O) groups is 1. The minimum atomic E-state index is -2.61. The molecule has 2 aromatic rings. The van der Waals surface area contributed by atoms with Crippen LogP contribution in [0, 0.1) is 19.3 Å². The maximum atomic E-state index is 13.2. The Morgan fingerprint density at radius 3 is 2.28 bits per heavy atom. The van der Waals surface area contributed by atoms with E-state index in [0.717, 1.165) is 16.7 Å². The van der Waals surface area contributed by atoms with Crippen molar-refractivity contribution in [3.05, 3.63) is 70.9 Å². The Morgan fingerprint density at radius 1 is 1.00 bits per heavy atom. The normalized spacial score (nSPS) is 18.5. The number of Topliss-reactive ketones (excluding diaryl/α,β-unsaturated/α-hetero) is 1. The number of hydrogen-bond donors (Lipinski definition) is 0. The predicted octanol–water partition coefficient (Wildman–Crippen LogP) is 4.78. The zero-order valence-electron chi connectivity index (χ0n) is 15.3. The van der Waals surface area contributed by atoms with Crippen LogP contribution >= 0.6 is 0 Å². The molecule has 3 rings (SSSR count). The first-order valence-electron chi connectivity index (χ1n) is 8.29. The minimum absolute atomic E-state index is 0.0585. The highest BCUT2D eigenvalue weighted by atomic mass is 32.2. The molecule has 0 fully saturated rings. The van der Waals surface area contributed by atoms with Gasteiger partial charge in [-0.05, 0) is 51.0 Å². The summed E-state index contributed by atoms with van der Waals surface area (Å²) >= 11 is 0. The van der Waals surface area contributed by atoms with Gasteiger partial charge in [-0.2, -0.15) is 4.36 Å². The Hall–Kier alpha value is -2.20. The summed E-state index contributed by atoms with van der Waals surface area (Å²) in [5.41, 5.74) is 3.55. The lowest BCUT2D eigenvalue weighted by molar-refractivity contribution is -0.121. The molecular weight excluding hydrogens is 330 g/mol. The lowest BCUT2D eigenvalue weighted by Gasteiger charge is -2.37. The van der Waals surface area contributed by atoms with Gasteiger partial charge in [-0.15, -0.1) is 0 Å². The number of hydrogen-bond acceptors (Lipinski definition) is 3. The van der Waals surface area contributed by atoms with E-state index in [-0.39, 0.29) is 5.78 Å². The van der Waals surface area contributed by atoms with E-state index in [2.05, 4.69) is 4.36 Å². The second-order valence-electron chi connectivity index (χ2n) is 7.20. The summed E-state index contributed by atoms with van der Waals surface area (Å²) in [5.74, 6) is 0.0585. The SMILES string of the molecule is Cc1ccc(C)c(C2=C(N=S(C)(=O)c3ccccc3)C(C)(C)C2=O)c1. The molecule has 1 aliphatic carbocycles. The van der Waals surface area contributed by atoms with Crippen LogP contribution in [0.25, 0.3) is 5.57 Å². The molecule has 0 aliphatic heterocycles. The highest BCUT2D eigenvalue weighted by Gasteiger charge is 2.48. The fourth-order valence-corrected chi connectivity index (χ4v) is 4.53. The Balaban J connectivity index is 2.25. The van der Waals surface area contributed by atoms with Gasteiger partial charge in [0.1, 0.15) is 0 Å². The van der Waals surface area contributed by atoms with Gasteiger partial charge >= 0.3 is 0 Å². The van der Waals surface area contributed by atoms with Crippen molar-refractivity contribution in [1.29, 1.82) is 0 Å².